The van der Waals surface area contributed by atoms with Crippen molar-refractivity contribution in [2.45, 2.75) is 25.3 Å². The van der Waals surface area contributed by atoms with Gasteiger partial charge in [0.15, 0.2) is 0 Å². The Bertz CT molecular complexity index is 1060. The molecule has 1 aliphatic heterocycles. The van der Waals surface area contributed by atoms with Gasteiger partial charge in [-0.3, -0.25) is 4.79 Å². The average molecular weight is 390 g/mol. The summed E-state index contributed by atoms with van der Waals surface area (Å²) in [6, 6.07) is 14.4. The fraction of sp³-hybridized carbons (Fsp3) is 0.391. The second-order valence-corrected chi connectivity index (χ2v) is 8.22. The highest BCUT2D eigenvalue weighted by atomic mass is 16.1. The van der Waals surface area contributed by atoms with Crippen molar-refractivity contribution >= 4 is 28.1 Å². The van der Waals surface area contributed by atoms with Crippen LogP contribution < -0.4 is 15.8 Å². The first-order valence-electron chi connectivity index (χ1n) is 10.5. The summed E-state index contributed by atoms with van der Waals surface area (Å²) in [5, 5.41) is 4.41. The third kappa shape index (κ3) is 3.60. The quantitative estimate of drug-likeness (QED) is 0.739. The molecule has 0 unspecified atom stereocenters. The molecule has 0 amide bonds. The summed E-state index contributed by atoms with van der Waals surface area (Å²) in [6.07, 6.45) is 5.21. The van der Waals surface area contributed by atoms with E-state index < -0.39 is 0 Å². The maximum atomic E-state index is 12.5. The van der Waals surface area contributed by atoms with E-state index in [4.69, 9.17) is 0 Å². The maximum Gasteiger partial charge on any atom is 0.251 e. The van der Waals surface area contributed by atoms with E-state index in [-0.39, 0.29) is 5.56 Å². The predicted octanol–water partition coefficient (Wildman–Crippen LogP) is 3.62. The number of piperazine rings is 1. The first kappa shape index (κ1) is 18.2. The first-order valence-corrected chi connectivity index (χ1v) is 10.5. The molecule has 1 N–H and O–H groups in total. The minimum absolute atomic E-state index is 0.0795. The van der Waals surface area contributed by atoms with Crippen molar-refractivity contribution in [2.24, 2.45) is 0 Å². The van der Waals surface area contributed by atoms with Gasteiger partial charge in [0.2, 0.25) is 0 Å². The molecule has 150 valence electrons. The molecule has 3 aromatic rings. The van der Waals surface area contributed by atoms with Crippen molar-refractivity contribution < 1.29 is 0 Å². The van der Waals surface area contributed by atoms with Gasteiger partial charge in [0.25, 0.3) is 5.56 Å². The molecule has 29 heavy (non-hydrogen) atoms. The van der Waals surface area contributed by atoms with Crippen molar-refractivity contribution in [3.05, 3.63) is 59.0 Å². The molecule has 1 saturated heterocycles. The summed E-state index contributed by atoms with van der Waals surface area (Å²) in [5.41, 5.74) is 3.31. The Balaban J connectivity index is 1.38. The van der Waals surface area contributed by atoms with Crippen LogP contribution in [0.4, 0.5) is 17.2 Å². The zero-order valence-corrected chi connectivity index (χ0v) is 16.8. The Morgan fingerprint density at radius 3 is 2.45 bits per heavy atom. The summed E-state index contributed by atoms with van der Waals surface area (Å²) < 4.78 is 1.95. The van der Waals surface area contributed by atoms with Crippen LogP contribution in [0.1, 0.15) is 25.3 Å². The molecule has 5 rings (SSSR count). The van der Waals surface area contributed by atoms with Crippen LogP contribution in [0.5, 0.6) is 0 Å². The number of fused-ring (bicyclic) bond motifs is 1. The molecule has 1 aromatic carbocycles. The van der Waals surface area contributed by atoms with Gasteiger partial charge in [0, 0.05) is 67.3 Å². The Morgan fingerprint density at radius 2 is 1.76 bits per heavy atom. The Hall–Kier alpha value is -2.86. The molecule has 6 heteroatoms. The number of rotatable bonds is 4. The summed E-state index contributed by atoms with van der Waals surface area (Å²) in [4.78, 5) is 21.8. The van der Waals surface area contributed by atoms with Crippen LogP contribution >= 0.6 is 0 Å². The molecule has 0 bridgehead atoms. The highest BCUT2D eigenvalue weighted by Gasteiger charge is 2.22. The van der Waals surface area contributed by atoms with Crippen LogP contribution in [0.2, 0.25) is 0 Å². The first-order chi connectivity index (χ1) is 14.2. The van der Waals surface area contributed by atoms with Gasteiger partial charge in [-0.05, 0) is 56.6 Å². The molecule has 1 saturated carbocycles. The van der Waals surface area contributed by atoms with E-state index in [0.29, 0.717) is 6.04 Å². The summed E-state index contributed by atoms with van der Waals surface area (Å²) in [5.74, 6) is 0.767. The van der Waals surface area contributed by atoms with Crippen LogP contribution in [0.3, 0.4) is 0 Å². The van der Waals surface area contributed by atoms with Crippen molar-refractivity contribution in [2.75, 3.05) is 43.4 Å². The third-order valence-corrected chi connectivity index (χ3v) is 6.26. The van der Waals surface area contributed by atoms with Gasteiger partial charge in [0.1, 0.15) is 5.82 Å². The number of likely N-dealkylation sites (N-methyl/N-ethyl adjacent to an activating group) is 1. The lowest BCUT2D eigenvalue weighted by molar-refractivity contribution is 0.313. The lowest BCUT2D eigenvalue weighted by Crippen LogP contribution is -2.44. The van der Waals surface area contributed by atoms with Gasteiger partial charge >= 0.3 is 0 Å². The monoisotopic (exact) mass is 389 g/mol. The van der Waals surface area contributed by atoms with Gasteiger partial charge in [-0.1, -0.05) is 0 Å². The van der Waals surface area contributed by atoms with Crippen LogP contribution in [0.15, 0.2) is 53.5 Å². The number of pyridine rings is 2. The molecule has 2 fully saturated rings. The minimum atomic E-state index is 0.0795. The van der Waals surface area contributed by atoms with E-state index in [1.165, 1.54) is 12.1 Å². The molecule has 0 radical (unpaired) electrons. The zero-order chi connectivity index (χ0) is 19.8. The molecule has 6 nitrogen and oxygen atoms in total. The van der Waals surface area contributed by atoms with Crippen molar-refractivity contribution in [1.82, 2.24) is 14.5 Å². The van der Waals surface area contributed by atoms with Gasteiger partial charge in [-0.25, -0.2) is 4.98 Å². The molecule has 0 atom stereocenters. The van der Waals surface area contributed by atoms with E-state index in [2.05, 4.69) is 51.4 Å². The molecule has 0 spiro atoms. The van der Waals surface area contributed by atoms with E-state index in [1.807, 2.05) is 22.9 Å². The highest BCUT2D eigenvalue weighted by Crippen LogP contribution is 2.33. The number of nitrogens with zero attached hydrogens (tertiary/aromatic N) is 4. The molecular formula is C23H27N5O. The number of aromatic nitrogens is 2. The fourth-order valence-corrected chi connectivity index (χ4v) is 4.21. The van der Waals surface area contributed by atoms with Crippen LogP contribution in [-0.2, 0) is 0 Å². The maximum absolute atomic E-state index is 12.5. The van der Waals surface area contributed by atoms with Gasteiger partial charge in [-0.15, -0.1) is 0 Å². The molecule has 1 aliphatic carbocycles. The summed E-state index contributed by atoms with van der Waals surface area (Å²) >= 11 is 0. The molecule has 3 heterocycles. The topological polar surface area (TPSA) is 53.4 Å². The SMILES string of the molecule is CN1CCN(c2ccc(Nc3cc4c(ccc(=O)n4C4CCC4)cn3)cc2)CC1. The normalized spacial score (nSPS) is 18.0. The lowest BCUT2D eigenvalue weighted by Gasteiger charge is -2.34. The average Bonchev–Trinajstić information content (AvgIpc) is 2.70. The van der Waals surface area contributed by atoms with Crippen LogP contribution in [0.25, 0.3) is 10.9 Å². The van der Waals surface area contributed by atoms with Crippen LogP contribution in [-0.4, -0.2) is 47.7 Å². The van der Waals surface area contributed by atoms with Gasteiger partial charge < -0.3 is 19.7 Å². The summed E-state index contributed by atoms with van der Waals surface area (Å²) in [7, 11) is 2.17. The number of benzene rings is 1. The second kappa shape index (κ2) is 7.52. The number of anilines is 3. The Morgan fingerprint density at radius 1 is 1.00 bits per heavy atom. The molecule has 2 aliphatic rings. The Labute approximate surface area is 170 Å². The number of hydrogen-bond donors (Lipinski definition) is 1. The van der Waals surface area contributed by atoms with E-state index >= 15 is 0 Å². The molecular weight excluding hydrogens is 362 g/mol. The Kier molecular flexibility index (Phi) is 4.72. The smallest absolute Gasteiger partial charge is 0.251 e. The zero-order valence-electron chi connectivity index (χ0n) is 16.8. The number of nitrogens with one attached hydrogen (secondary N) is 1. The van der Waals surface area contributed by atoms with Gasteiger partial charge in [-0.2, -0.15) is 0 Å². The predicted molar refractivity (Wildman–Crippen MR) is 118 cm³/mol. The van der Waals surface area contributed by atoms with Gasteiger partial charge in [0.05, 0.1) is 5.52 Å². The van der Waals surface area contributed by atoms with E-state index in [0.717, 1.165) is 61.4 Å². The molecule has 2 aromatic heterocycles. The fourth-order valence-electron chi connectivity index (χ4n) is 4.21. The highest BCUT2D eigenvalue weighted by molar-refractivity contribution is 5.81. The minimum Gasteiger partial charge on any atom is -0.369 e. The van der Waals surface area contributed by atoms with Crippen molar-refractivity contribution in [3.8, 4) is 0 Å². The third-order valence-electron chi connectivity index (χ3n) is 6.26. The van der Waals surface area contributed by atoms with Crippen molar-refractivity contribution in [1.29, 1.82) is 0 Å². The lowest BCUT2D eigenvalue weighted by atomic mass is 9.92. The number of hydrogen-bond acceptors (Lipinski definition) is 5. The second-order valence-electron chi connectivity index (χ2n) is 8.22. The van der Waals surface area contributed by atoms with E-state index in [9.17, 15) is 4.79 Å². The van der Waals surface area contributed by atoms with Crippen LogP contribution in [0, 0.1) is 0 Å². The summed E-state index contributed by atoms with van der Waals surface area (Å²) in [6.45, 7) is 4.33. The largest absolute Gasteiger partial charge is 0.369 e. The van der Waals surface area contributed by atoms with E-state index in [1.54, 1.807) is 6.07 Å². The standard InChI is InChI=1S/C23H27N5O/c1-26-11-13-27(14-12-26)19-8-6-18(7-9-19)25-22-15-21-17(16-24-22)5-10-23(29)28(21)20-3-2-4-20/h5-10,15-16,20H,2-4,11-14H2,1H3,(H,24,25). The van der Waals surface area contributed by atoms with Crippen molar-refractivity contribution in [3.63, 3.8) is 0 Å².